The van der Waals surface area contributed by atoms with E-state index in [1.807, 2.05) is 32.9 Å². The number of carbonyl (C=O) groups excluding carboxylic acids is 1. The number of aromatic nitrogens is 1. The molecule has 1 amide bonds. The molecule has 1 aliphatic rings. The SMILES string of the molecule is CC(C)(C)OC(=O)N1C(CC#N)CCC1c1cccnc1. The third kappa shape index (κ3) is 3.72. The lowest BCUT2D eigenvalue weighted by atomic mass is 10.1. The average Bonchev–Trinajstić information content (AvgIpc) is 2.82. The predicted molar refractivity (Wildman–Crippen MR) is 78.3 cm³/mol. The zero-order valence-corrected chi connectivity index (χ0v) is 12.7. The molecule has 2 unspecified atom stereocenters. The largest absolute Gasteiger partial charge is 0.444 e. The van der Waals surface area contributed by atoms with Crippen LogP contribution < -0.4 is 0 Å². The van der Waals surface area contributed by atoms with E-state index in [4.69, 9.17) is 10.00 Å². The molecule has 0 spiro atoms. The Kier molecular flexibility index (Phi) is 4.46. The predicted octanol–water partition coefficient (Wildman–Crippen LogP) is 3.44. The van der Waals surface area contributed by atoms with Crippen LogP contribution in [0, 0.1) is 11.3 Å². The van der Waals surface area contributed by atoms with Crippen molar-refractivity contribution in [3.63, 3.8) is 0 Å². The Balaban J connectivity index is 2.25. The molecule has 2 atom stereocenters. The van der Waals surface area contributed by atoms with Gasteiger partial charge in [0.2, 0.25) is 0 Å². The molecule has 1 saturated heterocycles. The lowest BCUT2D eigenvalue weighted by Crippen LogP contribution is -2.41. The van der Waals surface area contributed by atoms with Crippen LogP contribution in [-0.4, -0.2) is 27.6 Å². The molecule has 0 saturated carbocycles. The summed E-state index contributed by atoms with van der Waals surface area (Å²) in [5.74, 6) is 0. The summed E-state index contributed by atoms with van der Waals surface area (Å²) in [5.41, 5.74) is 0.444. The molecule has 1 aliphatic heterocycles. The van der Waals surface area contributed by atoms with Crippen LogP contribution in [0.4, 0.5) is 4.79 Å². The molecule has 0 aliphatic carbocycles. The second-order valence-electron chi connectivity index (χ2n) is 6.28. The highest BCUT2D eigenvalue weighted by Gasteiger charge is 2.39. The monoisotopic (exact) mass is 287 g/mol. The number of pyridine rings is 1. The highest BCUT2D eigenvalue weighted by molar-refractivity contribution is 5.70. The Hall–Kier alpha value is -2.09. The first kappa shape index (κ1) is 15.3. The van der Waals surface area contributed by atoms with Crippen LogP contribution in [0.25, 0.3) is 0 Å². The Bertz CT molecular complexity index is 531. The number of hydrogen-bond donors (Lipinski definition) is 0. The maximum atomic E-state index is 12.5. The second kappa shape index (κ2) is 6.13. The quantitative estimate of drug-likeness (QED) is 0.835. The first-order valence-electron chi connectivity index (χ1n) is 7.20. The van der Waals surface area contributed by atoms with E-state index >= 15 is 0 Å². The fraction of sp³-hybridized carbons (Fsp3) is 0.562. The first-order valence-corrected chi connectivity index (χ1v) is 7.20. The molecule has 0 N–H and O–H groups in total. The number of amides is 1. The third-order valence-electron chi connectivity index (χ3n) is 3.50. The van der Waals surface area contributed by atoms with Crippen molar-refractivity contribution in [2.45, 2.75) is 57.7 Å². The van der Waals surface area contributed by atoms with Crippen molar-refractivity contribution in [1.29, 1.82) is 5.26 Å². The average molecular weight is 287 g/mol. The summed E-state index contributed by atoms with van der Waals surface area (Å²) in [4.78, 5) is 18.3. The molecule has 1 fully saturated rings. The normalized spacial score (nSPS) is 21.9. The van der Waals surface area contributed by atoms with Crippen molar-refractivity contribution in [2.75, 3.05) is 0 Å². The minimum absolute atomic E-state index is 0.0631. The van der Waals surface area contributed by atoms with Crippen LogP contribution in [-0.2, 0) is 4.74 Å². The van der Waals surface area contributed by atoms with Gasteiger partial charge in [0, 0.05) is 18.4 Å². The maximum absolute atomic E-state index is 12.5. The summed E-state index contributed by atoms with van der Waals surface area (Å²) in [6, 6.07) is 5.84. The van der Waals surface area contributed by atoms with Gasteiger partial charge in [-0.1, -0.05) is 6.07 Å². The molecule has 2 heterocycles. The van der Waals surface area contributed by atoms with Gasteiger partial charge in [-0.05, 0) is 45.2 Å². The lowest BCUT2D eigenvalue weighted by molar-refractivity contribution is 0.0147. The summed E-state index contributed by atoms with van der Waals surface area (Å²) in [6.45, 7) is 5.54. The van der Waals surface area contributed by atoms with E-state index in [2.05, 4.69) is 11.1 Å². The van der Waals surface area contributed by atoms with Gasteiger partial charge in [0.25, 0.3) is 0 Å². The van der Waals surface area contributed by atoms with Gasteiger partial charge >= 0.3 is 6.09 Å². The minimum Gasteiger partial charge on any atom is -0.444 e. The van der Waals surface area contributed by atoms with E-state index in [9.17, 15) is 4.79 Å². The Morgan fingerprint density at radius 3 is 2.86 bits per heavy atom. The molecule has 1 aromatic heterocycles. The number of rotatable bonds is 2. The fourth-order valence-electron chi connectivity index (χ4n) is 2.68. The van der Waals surface area contributed by atoms with Crippen molar-refractivity contribution in [3.05, 3.63) is 30.1 Å². The van der Waals surface area contributed by atoms with Crippen molar-refractivity contribution in [1.82, 2.24) is 9.88 Å². The molecular weight excluding hydrogens is 266 g/mol. The van der Waals surface area contributed by atoms with Gasteiger partial charge in [-0.3, -0.25) is 9.88 Å². The van der Waals surface area contributed by atoms with Crippen molar-refractivity contribution >= 4 is 6.09 Å². The number of carbonyl (C=O) groups is 1. The number of hydrogen-bond acceptors (Lipinski definition) is 4. The molecule has 0 radical (unpaired) electrons. The standard InChI is InChI=1S/C16H21N3O2/c1-16(2,3)21-15(20)19-13(8-9-17)6-7-14(19)12-5-4-10-18-11-12/h4-5,10-11,13-14H,6-8H2,1-3H3. The Labute approximate surface area is 125 Å². The second-order valence-corrected chi connectivity index (χ2v) is 6.28. The molecule has 0 bridgehead atoms. The number of ether oxygens (including phenoxy) is 1. The molecule has 2 rings (SSSR count). The zero-order valence-electron chi connectivity index (χ0n) is 12.7. The van der Waals surface area contributed by atoms with E-state index in [0.29, 0.717) is 6.42 Å². The molecule has 5 heteroatoms. The van der Waals surface area contributed by atoms with Gasteiger partial charge in [0.05, 0.1) is 18.5 Å². The summed E-state index contributed by atoms with van der Waals surface area (Å²) in [7, 11) is 0. The van der Waals surface area contributed by atoms with Crippen molar-refractivity contribution in [2.24, 2.45) is 0 Å². The summed E-state index contributed by atoms with van der Waals surface area (Å²) >= 11 is 0. The van der Waals surface area contributed by atoms with E-state index in [0.717, 1.165) is 18.4 Å². The Morgan fingerprint density at radius 2 is 2.29 bits per heavy atom. The van der Waals surface area contributed by atoms with Gasteiger partial charge < -0.3 is 4.74 Å². The molecule has 0 aromatic carbocycles. The highest BCUT2D eigenvalue weighted by Crippen LogP contribution is 2.38. The molecule has 21 heavy (non-hydrogen) atoms. The number of nitrogens with zero attached hydrogens (tertiary/aromatic N) is 3. The Morgan fingerprint density at radius 1 is 1.52 bits per heavy atom. The van der Waals surface area contributed by atoms with E-state index in [-0.39, 0.29) is 18.2 Å². The lowest BCUT2D eigenvalue weighted by Gasteiger charge is -2.32. The topological polar surface area (TPSA) is 66.2 Å². The maximum Gasteiger partial charge on any atom is 0.411 e. The van der Waals surface area contributed by atoms with Gasteiger partial charge in [-0.15, -0.1) is 0 Å². The van der Waals surface area contributed by atoms with Gasteiger partial charge in [-0.2, -0.15) is 5.26 Å². The van der Waals surface area contributed by atoms with Crippen LogP contribution in [0.5, 0.6) is 0 Å². The van der Waals surface area contributed by atoms with Gasteiger partial charge in [0.1, 0.15) is 5.60 Å². The number of likely N-dealkylation sites (tertiary alicyclic amines) is 1. The zero-order chi connectivity index (χ0) is 15.5. The van der Waals surface area contributed by atoms with Crippen LogP contribution in [0.3, 0.4) is 0 Å². The molecular formula is C16H21N3O2. The van der Waals surface area contributed by atoms with Crippen LogP contribution >= 0.6 is 0 Å². The van der Waals surface area contributed by atoms with Crippen LogP contribution in [0.1, 0.15) is 51.6 Å². The van der Waals surface area contributed by atoms with E-state index in [1.54, 1.807) is 17.3 Å². The summed E-state index contributed by atoms with van der Waals surface area (Å²) in [5, 5.41) is 8.97. The molecule has 112 valence electrons. The fourth-order valence-corrected chi connectivity index (χ4v) is 2.68. The smallest absolute Gasteiger partial charge is 0.411 e. The van der Waals surface area contributed by atoms with Gasteiger partial charge in [-0.25, -0.2) is 4.79 Å². The van der Waals surface area contributed by atoms with Crippen LogP contribution in [0.2, 0.25) is 0 Å². The summed E-state index contributed by atoms with van der Waals surface area (Å²) in [6.07, 6.45) is 5.11. The summed E-state index contributed by atoms with van der Waals surface area (Å²) < 4.78 is 5.51. The van der Waals surface area contributed by atoms with Crippen LogP contribution in [0.15, 0.2) is 24.5 Å². The van der Waals surface area contributed by atoms with Crippen molar-refractivity contribution in [3.8, 4) is 6.07 Å². The van der Waals surface area contributed by atoms with Gasteiger partial charge in [0.15, 0.2) is 0 Å². The third-order valence-corrected chi connectivity index (χ3v) is 3.50. The first-order chi connectivity index (χ1) is 9.92. The molecule has 5 nitrogen and oxygen atoms in total. The number of nitriles is 1. The van der Waals surface area contributed by atoms with Crippen molar-refractivity contribution < 1.29 is 9.53 Å². The highest BCUT2D eigenvalue weighted by atomic mass is 16.6. The molecule has 1 aromatic rings. The minimum atomic E-state index is -0.545. The van der Waals surface area contributed by atoms with E-state index < -0.39 is 5.60 Å². The van der Waals surface area contributed by atoms with E-state index in [1.165, 1.54) is 0 Å².